The van der Waals surface area contributed by atoms with Crippen molar-refractivity contribution in [2.45, 2.75) is 38.8 Å². The van der Waals surface area contributed by atoms with Gasteiger partial charge < -0.3 is 19.2 Å². The second-order valence-corrected chi connectivity index (χ2v) is 5.16. The van der Waals surface area contributed by atoms with Crippen molar-refractivity contribution in [1.82, 2.24) is 10.3 Å². The van der Waals surface area contributed by atoms with Crippen molar-refractivity contribution < 1.29 is 13.9 Å². The Balaban J connectivity index is 1.62. The molecule has 1 aromatic carbocycles. The second kappa shape index (κ2) is 6.63. The van der Waals surface area contributed by atoms with Gasteiger partial charge >= 0.3 is 6.08 Å². The van der Waals surface area contributed by atoms with Gasteiger partial charge in [0.05, 0.1) is 12.3 Å². The van der Waals surface area contributed by atoms with Gasteiger partial charge in [-0.25, -0.2) is 0 Å². The molecule has 1 fully saturated rings. The molecule has 1 aromatic heterocycles. The van der Waals surface area contributed by atoms with Crippen LogP contribution in [-0.2, 0) is 6.54 Å². The van der Waals surface area contributed by atoms with E-state index in [0.717, 1.165) is 12.1 Å². The van der Waals surface area contributed by atoms with Gasteiger partial charge in [0.25, 0.3) is 0 Å². The second-order valence-electron chi connectivity index (χ2n) is 5.16. The third-order valence-corrected chi connectivity index (χ3v) is 3.19. The van der Waals surface area contributed by atoms with E-state index in [1.165, 1.54) is 12.8 Å². The monoisotopic (exact) mass is 288 g/mol. The van der Waals surface area contributed by atoms with Gasteiger partial charge in [0.15, 0.2) is 11.5 Å². The lowest BCUT2D eigenvalue weighted by molar-refractivity contribution is 0.280. The molecule has 0 unspecified atom stereocenters. The minimum Gasteiger partial charge on any atom is -0.490 e. The van der Waals surface area contributed by atoms with Crippen LogP contribution in [0.4, 0.5) is 0 Å². The van der Waals surface area contributed by atoms with Crippen LogP contribution >= 0.6 is 0 Å². The average molecular weight is 288 g/mol. The SMILES string of the molecule is CCCOc1ccccc1Oc1nc(CNC2CC2)co1. The van der Waals surface area contributed by atoms with Crippen LogP contribution in [0.15, 0.2) is 34.9 Å². The maximum absolute atomic E-state index is 5.68. The fourth-order valence-corrected chi connectivity index (χ4v) is 1.91. The lowest BCUT2D eigenvalue weighted by atomic mass is 10.3. The van der Waals surface area contributed by atoms with Crippen molar-refractivity contribution in [3.05, 3.63) is 36.2 Å². The number of ether oxygens (including phenoxy) is 2. The highest BCUT2D eigenvalue weighted by Crippen LogP contribution is 2.31. The largest absolute Gasteiger partial charge is 0.490 e. The van der Waals surface area contributed by atoms with E-state index in [9.17, 15) is 0 Å². The van der Waals surface area contributed by atoms with Crippen LogP contribution < -0.4 is 14.8 Å². The van der Waals surface area contributed by atoms with E-state index >= 15 is 0 Å². The zero-order chi connectivity index (χ0) is 14.5. The third kappa shape index (κ3) is 3.98. The molecule has 0 aliphatic heterocycles. The third-order valence-electron chi connectivity index (χ3n) is 3.19. The lowest BCUT2D eigenvalue weighted by Gasteiger charge is -2.09. The summed E-state index contributed by atoms with van der Waals surface area (Å²) in [4.78, 5) is 4.32. The Morgan fingerprint density at radius 1 is 1.29 bits per heavy atom. The summed E-state index contributed by atoms with van der Waals surface area (Å²) in [6.07, 6.45) is 5.33. The first-order valence-corrected chi connectivity index (χ1v) is 7.42. The quantitative estimate of drug-likeness (QED) is 0.805. The number of para-hydroxylation sites is 2. The molecule has 0 saturated heterocycles. The highest BCUT2D eigenvalue weighted by atomic mass is 16.6. The molecular weight excluding hydrogens is 268 g/mol. The maximum Gasteiger partial charge on any atom is 0.399 e. The Labute approximate surface area is 124 Å². The molecule has 21 heavy (non-hydrogen) atoms. The zero-order valence-corrected chi connectivity index (χ0v) is 12.2. The summed E-state index contributed by atoms with van der Waals surface area (Å²) in [7, 11) is 0. The van der Waals surface area contributed by atoms with Gasteiger partial charge in [-0.15, -0.1) is 0 Å². The van der Waals surface area contributed by atoms with E-state index in [1.807, 2.05) is 24.3 Å². The minimum atomic E-state index is 0.246. The number of nitrogens with one attached hydrogen (secondary N) is 1. The normalized spacial score (nSPS) is 14.1. The highest BCUT2D eigenvalue weighted by Gasteiger charge is 2.20. The molecular formula is C16H20N2O3. The van der Waals surface area contributed by atoms with Crippen molar-refractivity contribution in [3.63, 3.8) is 0 Å². The molecule has 1 saturated carbocycles. The first kappa shape index (κ1) is 13.9. The molecule has 5 heteroatoms. The van der Waals surface area contributed by atoms with Crippen LogP contribution in [-0.4, -0.2) is 17.6 Å². The van der Waals surface area contributed by atoms with Gasteiger partial charge in [-0.05, 0) is 31.4 Å². The summed E-state index contributed by atoms with van der Waals surface area (Å²) in [6, 6.07) is 8.18. The molecule has 2 aromatic rings. The molecule has 3 rings (SSSR count). The molecule has 0 radical (unpaired) electrons. The number of nitrogens with zero attached hydrogens (tertiary/aromatic N) is 1. The van der Waals surface area contributed by atoms with Crippen LogP contribution in [0.3, 0.4) is 0 Å². The Bertz CT molecular complexity index is 578. The Morgan fingerprint density at radius 2 is 2.10 bits per heavy atom. The van der Waals surface area contributed by atoms with Crippen LogP contribution in [0.2, 0.25) is 0 Å². The van der Waals surface area contributed by atoms with Gasteiger partial charge in [-0.1, -0.05) is 19.1 Å². The van der Waals surface area contributed by atoms with Crippen LogP contribution in [0, 0.1) is 0 Å². The van der Waals surface area contributed by atoms with E-state index in [0.29, 0.717) is 30.7 Å². The molecule has 0 atom stereocenters. The summed E-state index contributed by atoms with van der Waals surface area (Å²) in [5.41, 5.74) is 0.851. The predicted molar refractivity (Wildman–Crippen MR) is 78.7 cm³/mol. The van der Waals surface area contributed by atoms with Crippen LogP contribution in [0.1, 0.15) is 31.9 Å². The summed E-state index contributed by atoms with van der Waals surface area (Å²) >= 11 is 0. The van der Waals surface area contributed by atoms with Crippen molar-refractivity contribution in [1.29, 1.82) is 0 Å². The summed E-state index contributed by atoms with van der Waals surface area (Å²) in [5.74, 6) is 1.32. The number of oxazole rings is 1. The van der Waals surface area contributed by atoms with Gasteiger partial charge in [0.2, 0.25) is 0 Å². The molecule has 1 aliphatic carbocycles. The summed E-state index contributed by atoms with van der Waals surface area (Å²) < 4.78 is 16.7. The minimum absolute atomic E-state index is 0.246. The van der Waals surface area contributed by atoms with E-state index in [-0.39, 0.29) is 6.08 Å². The molecule has 1 aliphatic rings. The molecule has 5 nitrogen and oxygen atoms in total. The smallest absolute Gasteiger partial charge is 0.399 e. The van der Waals surface area contributed by atoms with Crippen molar-refractivity contribution in [2.75, 3.05) is 6.61 Å². The van der Waals surface area contributed by atoms with E-state index in [4.69, 9.17) is 13.9 Å². The standard InChI is InChI=1S/C16H20N2O3/c1-2-9-19-14-5-3-4-6-15(14)21-16-18-13(11-20-16)10-17-12-7-8-12/h3-6,11-12,17H,2,7-10H2,1H3. The van der Waals surface area contributed by atoms with Crippen molar-refractivity contribution in [2.24, 2.45) is 0 Å². The van der Waals surface area contributed by atoms with Gasteiger partial charge in [-0.2, -0.15) is 4.98 Å². The van der Waals surface area contributed by atoms with E-state index in [2.05, 4.69) is 17.2 Å². The molecule has 0 bridgehead atoms. The highest BCUT2D eigenvalue weighted by molar-refractivity contribution is 5.40. The number of hydrogen-bond acceptors (Lipinski definition) is 5. The van der Waals surface area contributed by atoms with Crippen molar-refractivity contribution in [3.8, 4) is 17.6 Å². The molecule has 112 valence electrons. The average Bonchev–Trinajstić information content (AvgIpc) is 3.24. The molecule has 1 N–H and O–H groups in total. The van der Waals surface area contributed by atoms with Gasteiger partial charge in [-0.3, -0.25) is 0 Å². The maximum atomic E-state index is 5.68. The molecule has 1 heterocycles. The molecule has 0 spiro atoms. The van der Waals surface area contributed by atoms with Gasteiger partial charge in [0, 0.05) is 12.6 Å². The Kier molecular flexibility index (Phi) is 4.40. The first-order valence-electron chi connectivity index (χ1n) is 7.42. The number of aromatic nitrogens is 1. The Morgan fingerprint density at radius 3 is 2.86 bits per heavy atom. The molecule has 0 amide bonds. The zero-order valence-electron chi connectivity index (χ0n) is 12.2. The number of hydrogen-bond donors (Lipinski definition) is 1. The van der Waals surface area contributed by atoms with E-state index < -0.39 is 0 Å². The van der Waals surface area contributed by atoms with Crippen LogP contribution in [0.25, 0.3) is 0 Å². The predicted octanol–water partition coefficient (Wildman–Crippen LogP) is 3.51. The van der Waals surface area contributed by atoms with Gasteiger partial charge in [0.1, 0.15) is 6.26 Å². The lowest BCUT2D eigenvalue weighted by Crippen LogP contribution is -2.15. The van der Waals surface area contributed by atoms with Crippen molar-refractivity contribution >= 4 is 0 Å². The Hall–Kier alpha value is -2.01. The first-order chi connectivity index (χ1) is 10.3. The number of rotatable bonds is 8. The fourth-order valence-electron chi connectivity index (χ4n) is 1.91. The summed E-state index contributed by atoms with van der Waals surface area (Å²) in [6.45, 7) is 3.44. The number of benzene rings is 1. The topological polar surface area (TPSA) is 56.5 Å². The van der Waals surface area contributed by atoms with E-state index in [1.54, 1.807) is 6.26 Å². The fraction of sp³-hybridized carbons (Fsp3) is 0.438. The summed E-state index contributed by atoms with van der Waals surface area (Å²) in [5, 5.41) is 3.39. The van der Waals surface area contributed by atoms with Crippen LogP contribution in [0.5, 0.6) is 17.6 Å².